The lowest BCUT2D eigenvalue weighted by molar-refractivity contribution is 0.0952. The lowest BCUT2D eigenvalue weighted by atomic mass is 10.0. The van der Waals surface area contributed by atoms with Gasteiger partial charge in [0.2, 0.25) is 0 Å². The van der Waals surface area contributed by atoms with Crippen molar-refractivity contribution in [1.82, 2.24) is 19.9 Å². The summed E-state index contributed by atoms with van der Waals surface area (Å²) in [5.41, 5.74) is 1.31. The molecule has 2 fully saturated rings. The van der Waals surface area contributed by atoms with Crippen molar-refractivity contribution in [3.05, 3.63) is 24.0 Å². The van der Waals surface area contributed by atoms with Gasteiger partial charge in [-0.15, -0.1) is 0 Å². The van der Waals surface area contributed by atoms with Crippen molar-refractivity contribution >= 4 is 17.4 Å². The number of amides is 1. The van der Waals surface area contributed by atoms with Crippen molar-refractivity contribution in [2.24, 2.45) is 0 Å². The van der Waals surface area contributed by atoms with E-state index < -0.39 is 0 Å². The van der Waals surface area contributed by atoms with E-state index in [-0.39, 0.29) is 11.4 Å². The van der Waals surface area contributed by atoms with Crippen molar-refractivity contribution < 1.29 is 4.79 Å². The van der Waals surface area contributed by atoms with E-state index in [1.54, 1.807) is 10.7 Å². The lowest BCUT2D eigenvalue weighted by Gasteiger charge is -2.32. The highest BCUT2D eigenvalue weighted by Crippen LogP contribution is 2.32. The first-order valence-corrected chi connectivity index (χ1v) is 7.97. The normalized spacial score (nSPS) is 20.5. The van der Waals surface area contributed by atoms with Crippen LogP contribution < -0.4 is 10.2 Å². The third-order valence-corrected chi connectivity index (χ3v) is 4.69. The molecule has 1 saturated carbocycles. The van der Waals surface area contributed by atoms with Crippen molar-refractivity contribution in [3.8, 4) is 0 Å². The summed E-state index contributed by atoms with van der Waals surface area (Å²) < 4.78 is 1.67. The summed E-state index contributed by atoms with van der Waals surface area (Å²) in [6.07, 6.45) is 7.98. The van der Waals surface area contributed by atoms with Gasteiger partial charge in [0.25, 0.3) is 5.91 Å². The summed E-state index contributed by atoms with van der Waals surface area (Å²) in [5, 5.41) is 7.25. The van der Waals surface area contributed by atoms with Gasteiger partial charge < -0.3 is 10.2 Å². The maximum absolute atomic E-state index is 12.3. The Morgan fingerprint density at radius 2 is 2.23 bits per heavy atom. The average Bonchev–Trinajstić information content (AvgIpc) is 3.07. The third kappa shape index (κ3) is 2.23. The molecule has 2 aliphatic rings. The maximum atomic E-state index is 12.3. The second kappa shape index (κ2) is 4.69. The minimum absolute atomic E-state index is 0.0668. The van der Waals surface area contributed by atoms with Crippen LogP contribution in [0.1, 0.15) is 49.9 Å². The quantitative estimate of drug-likeness (QED) is 0.941. The molecule has 0 radical (unpaired) electrons. The van der Waals surface area contributed by atoms with Crippen LogP contribution in [0, 0.1) is 0 Å². The van der Waals surface area contributed by atoms with Gasteiger partial charge in [0.1, 0.15) is 11.4 Å². The monoisotopic (exact) mass is 299 g/mol. The number of hydrogen-bond acceptors (Lipinski definition) is 4. The largest absolute Gasteiger partial charge is 0.351 e. The van der Waals surface area contributed by atoms with E-state index in [1.807, 2.05) is 12.3 Å². The fourth-order valence-electron chi connectivity index (χ4n) is 3.19. The summed E-state index contributed by atoms with van der Waals surface area (Å²) in [7, 11) is 0. The third-order valence-electron chi connectivity index (χ3n) is 4.69. The van der Waals surface area contributed by atoms with Gasteiger partial charge in [-0.2, -0.15) is 5.10 Å². The van der Waals surface area contributed by atoms with Crippen molar-refractivity contribution in [1.29, 1.82) is 0 Å². The molecule has 1 saturated heterocycles. The van der Waals surface area contributed by atoms with Crippen molar-refractivity contribution in [2.45, 2.75) is 51.1 Å². The topological polar surface area (TPSA) is 62.5 Å². The number of fused-ring (bicyclic) bond motifs is 1. The highest BCUT2D eigenvalue weighted by Gasteiger charge is 2.33. The summed E-state index contributed by atoms with van der Waals surface area (Å²) in [6.45, 7) is 5.49. The summed E-state index contributed by atoms with van der Waals surface area (Å²) >= 11 is 0. The van der Waals surface area contributed by atoms with Crippen LogP contribution in [-0.4, -0.2) is 38.6 Å². The highest BCUT2D eigenvalue weighted by atomic mass is 16.1. The number of aromatic nitrogens is 3. The van der Waals surface area contributed by atoms with E-state index in [0.29, 0.717) is 17.3 Å². The standard InChI is InChI=1S/C16H21N5O/c1-16(2)7-3-8-20(16)13-6-9-21-14(19-13)12(10-17-21)15(22)18-11-4-5-11/h6,9-11H,3-5,7-8H2,1-2H3,(H,18,22). The van der Waals surface area contributed by atoms with Crippen LogP contribution in [0.15, 0.2) is 18.5 Å². The van der Waals surface area contributed by atoms with Crippen LogP contribution >= 0.6 is 0 Å². The zero-order valence-corrected chi connectivity index (χ0v) is 13.0. The van der Waals surface area contributed by atoms with Crippen molar-refractivity contribution in [2.75, 3.05) is 11.4 Å². The first-order chi connectivity index (χ1) is 10.5. The number of carbonyl (C=O) groups is 1. The first-order valence-electron chi connectivity index (χ1n) is 7.97. The Morgan fingerprint density at radius 3 is 2.91 bits per heavy atom. The molecule has 0 bridgehead atoms. The van der Waals surface area contributed by atoms with Gasteiger partial charge in [0.05, 0.1) is 6.20 Å². The predicted octanol–water partition coefficient (Wildman–Crippen LogP) is 2.00. The smallest absolute Gasteiger partial charge is 0.256 e. The van der Waals surface area contributed by atoms with Crippen LogP contribution in [0.3, 0.4) is 0 Å². The van der Waals surface area contributed by atoms with Gasteiger partial charge in [-0.05, 0) is 45.6 Å². The van der Waals surface area contributed by atoms with E-state index >= 15 is 0 Å². The molecule has 0 aromatic carbocycles. The molecule has 3 heterocycles. The molecule has 6 nitrogen and oxygen atoms in total. The Bertz CT molecular complexity index is 731. The fraction of sp³-hybridized carbons (Fsp3) is 0.562. The molecule has 116 valence electrons. The fourth-order valence-corrected chi connectivity index (χ4v) is 3.19. The molecule has 6 heteroatoms. The molecular formula is C16H21N5O. The Labute approximate surface area is 129 Å². The summed E-state index contributed by atoms with van der Waals surface area (Å²) in [4.78, 5) is 19.4. The Kier molecular flexibility index (Phi) is 2.89. The van der Waals surface area contributed by atoms with E-state index in [9.17, 15) is 4.79 Å². The molecule has 2 aromatic rings. The molecular weight excluding hydrogens is 278 g/mol. The molecule has 1 amide bonds. The lowest BCUT2D eigenvalue weighted by Crippen LogP contribution is -2.38. The molecule has 1 aliphatic carbocycles. The average molecular weight is 299 g/mol. The Balaban J connectivity index is 1.71. The molecule has 0 unspecified atom stereocenters. The summed E-state index contributed by atoms with van der Waals surface area (Å²) in [6, 6.07) is 2.32. The predicted molar refractivity (Wildman–Crippen MR) is 84.1 cm³/mol. The minimum atomic E-state index is -0.0668. The number of nitrogens with zero attached hydrogens (tertiary/aromatic N) is 4. The molecule has 1 aliphatic heterocycles. The number of nitrogens with one attached hydrogen (secondary N) is 1. The van der Waals surface area contributed by atoms with Crippen LogP contribution in [-0.2, 0) is 0 Å². The molecule has 0 spiro atoms. The molecule has 1 N–H and O–H groups in total. The summed E-state index contributed by atoms with van der Waals surface area (Å²) in [5.74, 6) is 0.860. The molecule has 0 atom stereocenters. The molecule has 22 heavy (non-hydrogen) atoms. The van der Waals surface area contributed by atoms with Gasteiger partial charge in [-0.1, -0.05) is 0 Å². The first kappa shape index (κ1) is 13.5. The maximum Gasteiger partial charge on any atom is 0.256 e. The zero-order valence-electron chi connectivity index (χ0n) is 13.0. The van der Waals surface area contributed by atoms with Crippen LogP contribution in [0.25, 0.3) is 5.65 Å². The van der Waals surface area contributed by atoms with Crippen molar-refractivity contribution in [3.63, 3.8) is 0 Å². The van der Waals surface area contributed by atoms with Crippen LogP contribution in [0.5, 0.6) is 0 Å². The van der Waals surface area contributed by atoms with E-state index in [4.69, 9.17) is 4.98 Å². The Morgan fingerprint density at radius 1 is 1.41 bits per heavy atom. The highest BCUT2D eigenvalue weighted by molar-refractivity contribution is 6.00. The van der Waals surface area contributed by atoms with Gasteiger partial charge in [0, 0.05) is 24.3 Å². The number of anilines is 1. The number of carbonyl (C=O) groups excluding carboxylic acids is 1. The van der Waals surface area contributed by atoms with E-state index in [2.05, 4.69) is 29.2 Å². The van der Waals surface area contributed by atoms with E-state index in [1.165, 1.54) is 6.42 Å². The number of rotatable bonds is 3. The molecule has 4 rings (SSSR count). The van der Waals surface area contributed by atoms with Crippen LogP contribution in [0.4, 0.5) is 5.82 Å². The Hall–Kier alpha value is -2.11. The number of hydrogen-bond donors (Lipinski definition) is 1. The van der Waals surface area contributed by atoms with Gasteiger partial charge >= 0.3 is 0 Å². The van der Waals surface area contributed by atoms with Gasteiger partial charge in [-0.25, -0.2) is 9.50 Å². The minimum Gasteiger partial charge on any atom is -0.351 e. The second-order valence-electron chi connectivity index (χ2n) is 6.93. The molecule has 2 aromatic heterocycles. The van der Waals surface area contributed by atoms with Crippen LogP contribution in [0.2, 0.25) is 0 Å². The second-order valence-corrected chi connectivity index (χ2v) is 6.93. The zero-order chi connectivity index (χ0) is 15.3. The SMILES string of the molecule is CC1(C)CCCN1c1ccn2ncc(C(=O)NC3CC3)c2n1. The van der Waals surface area contributed by atoms with Gasteiger partial charge in [0.15, 0.2) is 5.65 Å². The van der Waals surface area contributed by atoms with E-state index in [0.717, 1.165) is 31.6 Å². The van der Waals surface area contributed by atoms with Gasteiger partial charge in [-0.3, -0.25) is 4.79 Å².